The van der Waals surface area contributed by atoms with Gasteiger partial charge in [-0.3, -0.25) is 28.7 Å². The first-order chi connectivity index (χ1) is 17.0. The van der Waals surface area contributed by atoms with E-state index in [2.05, 4.69) is 18.1 Å². The molecular formula is C15H21N2Na3O18P2. The number of nitrogens with zero attached hydrogens (tertiary/aromatic N) is 1. The summed E-state index contributed by atoms with van der Waals surface area (Å²) >= 11 is 0. The zero-order chi connectivity index (χ0) is 27.9. The number of carboxylic acids is 1. The quantitative estimate of drug-likeness (QED) is 0.0998. The Labute approximate surface area is 291 Å². The smallest absolute Gasteiger partial charge is 0.756 e. The first-order valence-electron chi connectivity index (χ1n) is 10.2. The van der Waals surface area contributed by atoms with Crippen molar-refractivity contribution in [2.75, 3.05) is 13.2 Å². The Kier molecular flexibility index (Phi) is 17.2. The summed E-state index contributed by atoms with van der Waals surface area (Å²) in [5, 5.41) is 62.0. The molecule has 2 unspecified atom stereocenters. The minimum Gasteiger partial charge on any atom is -0.756 e. The number of aliphatic carboxylic acids is 1. The maximum atomic E-state index is 12.0. The van der Waals surface area contributed by atoms with Crippen molar-refractivity contribution >= 4 is 33.6 Å². The molecule has 0 aromatic heterocycles. The average Bonchev–Trinajstić information content (AvgIpc) is 3.05. The van der Waals surface area contributed by atoms with Crippen molar-refractivity contribution in [3.63, 3.8) is 0 Å². The van der Waals surface area contributed by atoms with Crippen LogP contribution >= 0.6 is 15.6 Å². The number of ether oxygens (including phenoxy) is 2. The third-order valence-electron chi connectivity index (χ3n) is 5.36. The molecule has 0 saturated carbocycles. The van der Waals surface area contributed by atoms with Crippen molar-refractivity contribution in [2.24, 2.45) is 0 Å². The van der Waals surface area contributed by atoms with E-state index in [-0.39, 0.29) is 102 Å². The second-order valence-electron chi connectivity index (χ2n) is 7.94. The van der Waals surface area contributed by atoms with Crippen LogP contribution in [-0.2, 0) is 41.6 Å². The number of carbonyl (C=O) groups is 3. The molecule has 0 aromatic carbocycles. The number of phosphoric ester groups is 2. The number of carbonyl (C=O) groups excluding carboxylic acids is 3. The zero-order valence-corrected chi connectivity index (χ0v) is 29.0. The largest absolute Gasteiger partial charge is 1.00 e. The zero-order valence-electron chi connectivity index (χ0n) is 21.2. The summed E-state index contributed by atoms with van der Waals surface area (Å²) in [6, 6.07) is -0.956. The molecule has 0 spiro atoms. The van der Waals surface area contributed by atoms with E-state index in [0.717, 1.165) is 4.90 Å². The van der Waals surface area contributed by atoms with E-state index in [1.165, 1.54) is 0 Å². The Hall–Kier alpha value is 1.39. The molecule has 212 valence electrons. The van der Waals surface area contributed by atoms with E-state index >= 15 is 0 Å². The fraction of sp³-hybridized carbons (Fsp3) is 0.800. The summed E-state index contributed by atoms with van der Waals surface area (Å²) in [4.78, 5) is 58.9. The molecule has 3 fully saturated rings. The number of amides is 3. The number of rotatable bonds is 9. The van der Waals surface area contributed by atoms with Gasteiger partial charge in [0.15, 0.2) is 12.5 Å². The molecule has 0 aliphatic carbocycles. The average molecular weight is 648 g/mol. The third kappa shape index (κ3) is 10.2. The van der Waals surface area contributed by atoms with E-state index in [1.54, 1.807) is 0 Å². The van der Waals surface area contributed by atoms with E-state index in [0.29, 0.717) is 0 Å². The molecule has 3 aliphatic heterocycles. The van der Waals surface area contributed by atoms with E-state index in [4.69, 9.17) is 4.74 Å². The fourth-order valence-corrected chi connectivity index (χ4v) is 5.61. The van der Waals surface area contributed by atoms with Gasteiger partial charge in [-0.1, -0.05) is 0 Å². The maximum Gasteiger partial charge on any atom is 1.00 e. The molecule has 3 saturated heterocycles. The van der Waals surface area contributed by atoms with Gasteiger partial charge in [0.05, 0.1) is 12.6 Å². The standard InChI is InChI=1S/C15H24N2O18P2.3Na/c18-5-1-2-17(15(26)16-5)12-9(22)6(19)4(32-12)3-31-36(27,28)35-37(29,30)34-14-10(23)7(20)8(21)11(33-14)13(24)25;;;/h4,6-12,14,19-23H,1-3H2,(H,24,25)(H,27,28)(H,29,30)(H,16,18,26);;;/q;3*+1/p-3/t4-,6-,7+,8+,9-,10-,11+,12-,14-;;;/m1.../s1. The molecule has 3 amide bonds. The number of imide groups is 1. The molecule has 11 atom stereocenters. The van der Waals surface area contributed by atoms with Gasteiger partial charge in [0.25, 0.3) is 15.6 Å². The normalized spacial score (nSPS) is 37.1. The predicted molar refractivity (Wildman–Crippen MR) is 101 cm³/mol. The molecule has 3 heterocycles. The Morgan fingerprint density at radius 3 is 2.10 bits per heavy atom. The Bertz CT molecular complexity index is 1010. The molecule has 0 radical (unpaired) electrons. The van der Waals surface area contributed by atoms with Gasteiger partial charge in [-0.05, 0) is 0 Å². The van der Waals surface area contributed by atoms with Crippen LogP contribution in [-0.4, -0.2) is 117 Å². The molecule has 20 nitrogen and oxygen atoms in total. The topological polar surface area (TPSA) is 317 Å². The number of nitrogens with one attached hydrogen (secondary N) is 1. The molecule has 25 heteroatoms. The first kappa shape index (κ1) is 41.4. The van der Waals surface area contributed by atoms with E-state index in [1.807, 2.05) is 5.32 Å². The summed E-state index contributed by atoms with van der Waals surface area (Å²) in [6.07, 6.45) is -18.8. The third-order valence-corrected chi connectivity index (χ3v) is 7.89. The van der Waals surface area contributed by atoms with Gasteiger partial charge in [-0.25, -0.2) is 9.11 Å². The van der Waals surface area contributed by atoms with Crippen LogP contribution in [0.1, 0.15) is 6.42 Å². The molecule has 0 aromatic rings. The molecule has 3 aliphatic rings. The fourth-order valence-electron chi connectivity index (χ4n) is 3.53. The van der Waals surface area contributed by atoms with Crippen molar-refractivity contribution in [2.45, 2.75) is 61.7 Å². The summed E-state index contributed by atoms with van der Waals surface area (Å²) in [6.45, 7) is -1.35. The summed E-state index contributed by atoms with van der Waals surface area (Å²) < 4.78 is 45.9. The number of carboxylic acid groups (broad SMARTS) is 1. The second kappa shape index (κ2) is 16.6. The van der Waals surface area contributed by atoms with Crippen LogP contribution in [0.25, 0.3) is 0 Å². The first-order valence-corrected chi connectivity index (χ1v) is 13.1. The van der Waals surface area contributed by atoms with Crippen molar-refractivity contribution < 1.29 is 175 Å². The maximum absolute atomic E-state index is 12.0. The van der Waals surface area contributed by atoms with Gasteiger partial charge in [-0.2, -0.15) is 0 Å². The minimum atomic E-state index is -6.05. The van der Waals surface area contributed by atoms with Crippen molar-refractivity contribution in [1.29, 1.82) is 0 Å². The van der Waals surface area contributed by atoms with Gasteiger partial charge >= 0.3 is 94.7 Å². The predicted octanol–water partition coefficient (Wildman–Crippen LogP) is -16.1. The van der Waals surface area contributed by atoms with Gasteiger partial charge in [-0.15, -0.1) is 0 Å². The van der Waals surface area contributed by atoms with E-state index < -0.39 is 95.4 Å². The van der Waals surface area contributed by atoms with Crippen LogP contribution < -0.4 is 109 Å². The molecule has 3 rings (SSSR count). The van der Waals surface area contributed by atoms with Gasteiger partial charge in [0.1, 0.15) is 42.7 Å². The SMILES string of the molecule is O=C1CCN([C@@H]2O[C@H](COP(=O)([O-])OP(=O)([O-])O[C@H]3O[C@H](C(=O)[O-])[C@@H](O)[C@H](O)[C@H]3O)[C@@H](O)[C@H]2O)C(=O)N1.[Na+].[Na+].[Na+]. The molecule has 0 bridgehead atoms. The van der Waals surface area contributed by atoms with Crippen LogP contribution in [0.5, 0.6) is 0 Å². The number of phosphoric acid groups is 2. The Balaban J connectivity index is 0.00000507. The van der Waals surface area contributed by atoms with Gasteiger partial charge < -0.3 is 59.2 Å². The number of aliphatic hydroxyl groups is 5. The number of urea groups is 1. The van der Waals surface area contributed by atoms with Crippen molar-refractivity contribution in [1.82, 2.24) is 10.2 Å². The van der Waals surface area contributed by atoms with Crippen LogP contribution in [0.15, 0.2) is 0 Å². The van der Waals surface area contributed by atoms with Crippen LogP contribution in [0, 0.1) is 0 Å². The monoisotopic (exact) mass is 648 g/mol. The minimum absolute atomic E-state index is 0. The van der Waals surface area contributed by atoms with Gasteiger partial charge in [0, 0.05) is 13.0 Å². The Morgan fingerprint density at radius 2 is 1.55 bits per heavy atom. The van der Waals surface area contributed by atoms with E-state index in [9.17, 15) is 63.9 Å². The van der Waals surface area contributed by atoms with Crippen molar-refractivity contribution in [3.05, 3.63) is 0 Å². The van der Waals surface area contributed by atoms with Crippen LogP contribution in [0.3, 0.4) is 0 Å². The van der Waals surface area contributed by atoms with Crippen molar-refractivity contribution in [3.8, 4) is 0 Å². The second-order valence-corrected chi connectivity index (χ2v) is 10.8. The summed E-state index contributed by atoms with van der Waals surface area (Å²) in [5.41, 5.74) is 0. The number of hydrogen-bond acceptors (Lipinski definition) is 18. The molecular weight excluding hydrogens is 627 g/mol. The summed E-state index contributed by atoms with van der Waals surface area (Å²) in [7, 11) is -11.9. The Morgan fingerprint density at radius 1 is 0.950 bits per heavy atom. The molecule has 40 heavy (non-hydrogen) atoms. The number of hydrogen-bond donors (Lipinski definition) is 6. The molecule has 6 N–H and O–H groups in total. The van der Waals surface area contributed by atoms with Crippen LogP contribution in [0.4, 0.5) is 4.79 Å². The van der Waals surface area contributed by atoms with Gasteiger partial charge in [0.2, 0.25) is 5.91 Å². The summed E-state index contributed by atoms with van der Waals surface area (Å²) in [5.74, 6) is -2.73. The number of aliphatic hydroxyl groups excluding tert-OH is 5. The van der Waals surface area contributed by atoms with Crippen LogP contribution in [0.2, 0.25) is 0 Å².